The quantitative estimate of drug-likeness (QED) is 0.874. The monoisotopic (exact) mass is 317 g/mol. The van der Waals surface area contributed by atoms with E-state index < -0.39 is 10.0 Å². The predicted octanol–water partition coefficient (Wildman–Crippen LogP) is 3.03. The molecule has 0 radical (unpaired) electrons. The molecule has 0 amide bonds. The number of rotatable bonds is 3. The highest BCUT2D eigenvalue weighted by atomic mass is 32.2. The zero-order chi connectivity index (χ0) is 15.7. The van der Waals surface area contributed by atoms with Crippen molar-refractivity contribution >= 4 is 15.7 Å². The van der Waals surface area contributed by atoms with Gasteiger partial charge in [0.05, 0.1) is 18.0 Å². The average Bonchev–Trinajstić information content (AvgIpc) is 2.47. The third-order valence-corrected chi connectivity index (χ3v) is 5.47. The Kier molecular flexibility index (Phi) is 3.83. The van der Waals surface area contributed by atoms with Crippen molar-refractivity contribution in [2.45, 2.75) is 19.6 Å². The number of benzene rings is 2. The molecule has 1 aliphatic heterocycles. The molecule has 0 atom stereocenters. The number of anilines is 1. The van der Waals surface area contributed by atoms with E-state index in [2.05, 4.69) is 0 Å². The van der Waals surface area contributed by atoms with E-state index in [1.54, 1.807) is 0 Å². The van der Waals surface area contributed by atoms with E-state index in [1.165, 1.54) is 4.31 Å². The fourth-order valence-corrected chi connectivity index (χ4v) is 4.48. The van der Waals surface area contributed by atoms with Gasteiger partial charge in [0, 0.05) is 0 Å². The minimum atomic E-state index is -3.43. The summed E-state index contributed by atoms with van der Waals surface area (Å²) < 4.78 is 32.8. The molecule has 3 rings (SSSR count). The molecule has 0 fully saturated rings. The summed E-state index contributed by atoms with van der Waals surface area (Å²) in [6.45, 7) is 4.63. The number of fused-ring (bicyclic) bond motifs is 1. The molecular weight excluding hydrogens is 298 g/mol. The highest BCUT2D eigenvalue weighted by Gasteiger charge is 2.30. The Labute approximate surface area is 131 Å². The number of hydrogen-bond donors (Lipinski definition) is 0. The minimum absolute atomic E-state index is 0.000592. The smallest absolute Gasteiger partial charge is 0.239 e. The molecule has 0 N–H and O–H groups in total. The molecule has 0 unspecified atom stereocenters. The number of hydrogen-bond acceptors (Lipinski definition) is 3. The van der Waals surface area contributed by atoms with E-state index in [4.69, 9.17) is 4.74 Å². The van der Waals surface area contributed by atoms with E-state index in [-0.39, 0.29) is 5.75 Å². The second-order valence-corrected chi connectivity index (χ2v) is 7.48. The van der Waals surface area contributed by atoms with Crippen LogP contribution in [0.15, 0.2) is 42.5 Å². The van der Waals surface area contributed by atoms with E-state index in [1.807, 2.05) is 56.3 Å². The van der Waals surface area contributed by atoms with Gasteiger partial charge in [-0.3, -0.25) is 4.31 Å². The Morgan fingerprint density at radius 1 is 1.14 bits per heavy atom. The summed E-state index contributed by atoms with van der Waals surface area (Å²) in [4.78, 5) is 0. The summed E-state index contributed by atoms with van der Waals surface area (Å²) in [7, 11) is -3.43. The van der Waals surface area contributed by atoms with Gasteiger partial charge in [0.15, 0.2) is 0 Å². The van der Waals surface area contributed by atoms with E-state index in [9.17, 15) is 8.42 Å². The van der Waals surface area contributed by atoms with Crippen molar-refractivity contribution in [3.8, 4) is 5.75 Å². The van der Waals surface area contributed by atoms with Crippen LogP contribution in [0.5, 0.6) is 5.75 Å². The van der Waals surface area contributed by atoms with Gasteiger partial charge < -0.3 is 4.74 Å². The van der Waals surface area contributed by atoms with Gasteiger partial charge in [-0.05, 0) is 36.6 Å². The molecule has 0 aliphatic carbocycles. The zero-order valence-electron chi connectivity index (χ0n) is 12.7. The van der Waals surface area contributed by atoms with Crippen molar-refractivity contribution in [2.24, 2.45) is 0 Å². The van der Waals surface area contributed by atoms with E-state index >= 15 is 0 Å². The Morgan fingerprint density at radius 2 is 1.86 bits per heavy atom. The molecule has 22 heavy (non-hydrogen) atoms. The van der Waals surface area contributed by atoms with Gasteiger partial charge >= 0.3 is 0 Å². The Bertz CT molecular complexity index is 785. The third-order valence-electron chi connectivity index (χ3n) is 3.74. The molecule has 0 spiro atoms. The van der Waals surface area contributed by atoms with Crippen LogP contribution in [0.4, 0.5) is 5.69 Å². The van der Waals surface area contributed by atoms with Gasteiger partial charge in [0.25, 0.3) is 0 Å². The second-order valence-electron chi connectivity index (χ2n) is 5.59. The predicted molar refractivity (Wildman–Crippen MR) is 87.8 cm³/mol. The first-order valence-corrected chi connectivity index (χ1v) is 8.87. The summed E-state index contributed by atoms with van der Waals surface area (Å²) in [6, 6.07) is 13.1. The number of ether oxygens (including phenoxy) is 1. The van der Waals surface area contributed by atoms with Crippen LogP contribution < -0.4 is 9.04 Å². The highest BCUT2D eigenvalue weighted by Crippen LogP contribution is 2.38. The fourth-order valence-electron chi connectivity index (χ4n) is 2.84. The SMILES string of the molecule is Cc1cc(C)c2c(c1)OCCN2S(=O)(=O)Cc1ccccc1. The standard InChI is InChI=1S/C17H19NO3S/c1-13-10-14(2)17-16(11-13)21-9-8-18(17)22(19,20)12-15-6-4-3-5-7-15/h3-7,10-11H,8-9,12H2,1-2H3. The van der Waals surface area contributed by atoms with Crippen molar-refractivity contribution in [3.05, 3.63) is 59.2 Å². The van der Waals surface area contributed by atoms with Crippen molar-refractivity contribution in [3.63, 3.8) is 0 Å². The normalized spacial score (nSPS) is 14.4. The van der Waals surface area contributed by atoms with Gasteiger partial charge in [-0.25, -0.2) is 8.42 Å². The molecule has 1 aliphatic rings. The van der Waals surface area contributed by atoms with Gasteiger partial charge in [-0.15, -0.1) is 0 Å². The maximum atomic E-state index is 12.8. The largest absolute Gasteiger partial charge is 0.489 e. The van der Waals surface area contributed by atoms with Crippen LogP contribution in [-0.2, 0) is 15.8 Å². The summed E-state index contributed by atoms with van der Waals surface area (Å²) >= 11 is 0. The van der Waals surface area contributed by atoms with E-state index in [0.717, 1.165) is 16.7 Å². The molecular formula is C17H19NO3S. The zero-order valence-corrected chi connectivity index (χ0v) is 13.6. The van der Waals surface area contributed by atoms with Crippen molar-refractivity contribution in [1.82, 2.24) is 0 Å². The lowest BCUT2D eigenvalue weighted by atomic mass is 10.1. The Hall–Kier alpha value is -2.01. The van der Waals surface area contributed by atoms with Crippen LogP contribution >= 0.6 is 0 Å². The molecule has 4 nitrogen and oxygen atoms in total. The lowest BCUT2D eigenvalue weighted by Gasteiger charge is -2.32. The minimum Gasteiger partial charge on any atom is -0.489 e. The maximum Gasteiger partial charge on any atom is 0.239 e. The van der Waals surface area contributed by atoms with Gasteiger partial charge in [-0.2, -0.15) is 0 Å². The number of sulfonamides is 1. The fraction of sp³-hybridized carbons (Fsp3) is 0.294. The molecule has 2 aromatic carbocycles. The van der Waals surface area contributed by atoms with Crippen LogP contribution in [-0.4, -0.2) is 21.6 Å². The van der Waals surface area contributed by atoms with Crippen LogP contribution in [0.1, 0.15) is 16.7 Å². The van der Waals surface area contributed by atoms with Gasteiger partial charge in [0.1, 0.15) is 12.4 Å². The lowest BCUT2D eigenvalue weighted by Crippen LogP contribution is -2.39. The van der Waals surface area contributed by atoms with Crippen LogP contribution in [0.3, 0.4) is 0 Å². The van der Waals surface area contributed by atoms with Gasteiger partial charge in [0.2, 0.25) is 10.0 Å². The summed E-state index contributed by atoms with van der Waals surface area (Å²) in [5.74, 6) is 0.654. The molecule has 0 bridgehead atoms. The third kappa shape index (κ3) is 2.81. The number of nitrogens with zero attached hydrogens (tertiary/aromatic N) is 1. The second kappa shape index (κ2) is 5.65. The lowest BCUT2D eigenvalue weighted by molar-refractivity contribution is 0.315. The maximum absolute atomic E-state index is 12.8. The van der Waals surface area contributed by atoms with E-state index in [0.29, 0.717) is 24.6 Å². The first-order valence-electron chi connectivity index (χ1n) is 7.26. The summed E-state index contributed by atoms with van der Waals surface area (Å²) in [5.41, 5.74) is 3.46. The average molecular weight is 317 g/mol. The topological polar surface area (TPSA) is 46.6 Å². The molecule has 5 heteroatoms. The van der Waals surface area contributed by atoms with Crippen LogP contribution in [0.2, 0.25) is 0 Å². The molecule has 0 saturated carbocycles. The number of aryl methyl sites for hydroxylation is 2. The van der Waals surface area contributed by atoms with Crippen molar-refractivity contribution < 1.29 is 13.2 Å². The molecule has 0 saturated heterocycles. The van der Waals surface area contributed by atoms with Crippen molar-refractivity contribution in [1.29, 1.82) is 0 Å². The molecule has 0 aromatic heterocycles. The summed E-state index contributed by atoms with van der Waals surface area (Å²) in [6.07, 6.45) is 0. The van der Waals surface area contributed by atoms with Crippen LogP contribution in [0.25, 0.3) is 0 Å². The highest BCUT2D eigenvalue weighted by molar-refractivity contribution is 7.92. The Balaban J connectivity index is 2.00. The molecule has 2 aromatic rings. The molecule has 116 valence electrons. The first kappa shape index (κ1) is 14.9. The first-order chi connectivity index (χ1) is 10.5. The molecule has 1 heterocycles. The summed E-state index contributed by atoms with van der Waals surface area (Å²) in [5, 5.41) is 0. The van der Waals surface area contributed by atoms with Crippen molar-refractivity contribution in [2.75, 3.05) is 17.5 Å². The Morgan fingerprint density at radius 3 is 2.59 bits per heavy atom. The van der Waals surface area contributed by atoms with Crippen LogP contribution in [0, 0.1) is 13.8 Å². The van der Waals surface area contributed by atoms with Gasteiger partial charge in [-0.1, -0.05) is 36.4 Å².